The van der Waals surface area contributed by atoms with Crippen molar-refractivity contribution in [3.8, 4) is 0 Å². The molecule has 0 aliphatic rings. The van der Waals surface area contributed by atoms with Crippen molar-refractivity contribution < 1.29 is 5.11 Å². The smallest absolute Gasteiger partial charge is 0.0528 e. The molecule has 1 aromatic rings. The molecule has 1 rings (SSSR count). The fourth-order valence-electron chi connectivity index (χ4n) is 1.11. The Balaban J connectivity index is 2.44. The maximum absolute atomic E-state index is 9.11. The zero-order valence-corrected chi connectivity index (χ0v) is 8.14. The summed E-state index contributed by atoms with van der Waals surface area (Å²) in [5.41, 5.74) is 1.13. The van der Waals surface area contributed by atoms with Crippen LogP contribution < -0.4 is 4.90 Å². The van der Waals surface area contributed by atoms with Crippen LogP contribution in [0.5, 0.6) is 0 Å². The van der Waals surface area contributed by atoms with Crippen LogP contribution in [-0.4, -0.2) is 29.8 Å². The highest BCUT2D eigenvalue weighted by molar-refractivity contribution is 5.43. The van der Waals surface area contributed by atoms with Crippen LogP contribution in [0.1, 0.15) is 13.3 Å². The van der Waals surface area contributed by atoms with E-state index < -0.39 is 0 Å². The van der Waals surface area contributed by atoms with E-state index in [1.54, 1.807) is 19.3 Å². The molecule has 13 heavy (non-hydrogen) atoms. The van der Waals surface area contributed by atoms with E-state index in [-0.39, 0.29) is 6.10 Å². The minimum atomic E-state index is -0.232. The first-order chi connectivity index (χ1) is 6.20. The maximum atomic E-state index is 9.11. The number of hydrogen-bond acceptors (Lipinski definition) is 3. The van der Waals surface area contributed by atoms with Gasteiger partial charge in [0.1, 0.15) is 0 Å². The molecule has 0 saturated heterocycles. The Morgan fingerprint density at radius 3 is 2.62 bits per heavy atom. The van der Waals surface area contributed by atoms with Crippen LogP contribution in [-0.2, 0) is 0 Å². The van der Waals surface area contributed by atoms with E-state index in [4.69, 9.17) is 5.11 Å². The molecule has 0 bridgehead atoms. The molecule has 3 nitrogen and oxygen atoms in total. The quantitative estimate of drug-likeness (QED) is 0.758. The lowest BCUT2D eigenvalue weighted by Gasteiger charge is -2.19. The number of aliphatic hydroxyl groups excluding tert-OH is 1. The van der Waals surface area contributed by atoms with Crippen molar-refractivity contribution in [2.24, 2.45) is 0 Å². The minimum absolute atomic E-state index is 0.232. The first kappa shape index (κ1) is 9.99. The molecular weight excluding hydrogens is 164 g/mol. The van der Waals surface area contributed by atoms with Crippen molar-refractivity contribution in [1.82, 2.24) is 4.98 Å². The van der Waals surface area contributed by atoms with Gasteiger partial charge in [0.2, 0.25) is 0 Å². The van der Waals surface area contributed by atoms with Crippen molar-refractivity contribution in [2.45, 2.75) is 19.4 Å². The zero-order chi connectivity index (χ0) is 9.68. The number of nitrogens with zero attached hydrogens (tertiary/aromatic N) is 2. The van der Waals surface area contributed by atoms with Gasteiger partial charge in [0.05, 0.1) is 6.10 Å². The summed E-state index contributed by atoms with van der Waals surface area (Å²) in [5, 5.41) is 9.11. The van der Waals surface area contributed by atoms with Crippen LogP contribution in [0.2, 0.25) is 0 Å². The number of hydrogen-bond donors (Lipinski definition) is 1. The Kier molecular flexibility index (Phi) is 3.71. The number of aromatic nitrogens is 1. The van der Waals surface area contributed by atoms with E-state index in [0.717, 1.165) is 18.7 Å². The second kappa shape index (κ2) is 4.82. The van der Waals surface area contributed by atoms with Crippen LogP contribution in [0, 0.1) is 0 Å². The fourth-order valence-corrected chi connectivity index (χ4v) is 1.11. The van der Waals surface area contributed by atoms with Gasteiger partial charge < -0.3 is 10.0 Å². The molecule has 3 heteroatoms. The van der Waals surface area contributed by atoms with Gasteiger partial charge in [-0.25, -0.2) is 0 Å². The van der Waals surface area contributed by atoms with E-state index in [0.29, 0.717) is 0 Å². The second-order valence-electron chi connectivity index (χ2n) is 3.26. The SMILES string of the molecule is CC(O)CCN(C)c1ccncc1. The summed E-state index contributed by atoms with van der Waals surface area (Å²) >= 11 is 0. The molecule has 0 aliphatic heterocycles. The Labute approximate surface area is 79.0 Å². The van der Waals surface area contributed by atoms with Gasteiger partial charge in [-0.2, -0.15) is 0 Å². The predicted octanol–water partition coefficient (Wildman–Crippen LogP) is 1.29. The lowest BCUT2D eigenvalue weighted by atomic mass is 10.2. The molecule has 0 aromatic carbocycles. The molecule has 1 heterocycles. The standard InChI is InChI=1S/C10H16N2O/c1-9(13)5-8-12(2)10-3-6-11-7-4-10/h3-4,6-7,9,13H,5,8H2,1-2H3. The lowest BCUT2D eigenvalue weighted by Crippen LogP contribution is -2.21. The summed E-state index contributed by atoms with van der Waals surface area (Å²) in [6.07, 6.45) is 4.10. The maximum Gasteiger partial charge on any atom is 0.0528 e. The summed E-state index contributed by atoms with van der Waals surface area (Å²) in [5.74, 6) is 0. The summed E-state index contributed by atoms with van der Waals surface area (Å²) in [6, 6.07) is 3.92. The molecule has 1 unspecified atom stereocenters. The van der Waals surface area contributed by atoms with Crippen LogP contribution in [0.3, 0.4) is 0 Å². The molecule has 0 fully saturated rings. The highest BCUT2D eigenvalue weighted by Crippen LogP contribution is 2.10. The van der Waals surface area contributed by atoms with Crippen molar-refractivity contribution in [2.75, 3.05) is 18.5 Å². The fraction of sp³-hybridized carbons (Fsp3) is 0.500. The molecule has 0 radical (unpaired) electrons. The topological polar surface area (TPSA) is 36.4 Å². The average molecular weight is 180 g/mol. The Bertz CT molecular complexity index is 236. The average Bonchev–Trinajstić information content (AvgIpc) is 2.15. The monoisotopic (exact) mass is 180 g/mol. The first-order valence-electron chi connectivity index (χ1n) is 4.49. The largest absolute Gasteiger partial charge is 0.393 e. The van der Waals surface area contributed by atoms with Gasteiger partial charge in [0.25, 0.3) is 0 Å². The van der Waals surface area contributed by atoms with E-state index >= 15 is 0 Å². The van der Waals surface area contributed by atoms with Crippen molar-refractivity contribution in [3.05, 3.63) is 24.5 Å². The number of aliphatic hydroxyl groups is 1. The first-order valence-corrected chi connectivity index (χ1v) is 4.49. The Hall–Kier alpha value is -1.09. The molecule has 72 valence electrons. The highest BCUT2D eigenvalue weighted by atomic mass is 16.3. The van der Waals surface area contributed by atoms with Crippen LogP contribution in [0.25, 0.3) is 0 Å². The lowest BCUT2D eigenvalue weighted by molar-refractivity contribution is 0.187. The van der Waals surface area contributed by atoms with Crippen LogP contribution in [0.15, 0.2) is 24.5 Å². The van der Waals surface area contributed by atoms with E-state index in [2.05, 4.69) is 9.88 Å². The molecule has 0 spiro atoms. The highest BCUT2D eigenvalue weighted by Gasteiger charge is 2.01. The third kappa shape index (κ3) is 3.42. The van der Waals surface area contributed by atoms with Gasteiger partial charge in [-0.05, 0) is 25.5 Å². The summed E-state index contributed by atoms with van der Waals surface area (Å²) < 4.78 is 0. The van der Waals surface area contributed by atoms with Crippen molar-refractivity contribution in [1.29, 1.82) is 0 Å². The van der Waals surface area contributed by atoms with E-state index in [1.165, 1.54) is 0 Å². The Morgan fingerprint density at radius 2 is 2.08 bits per heavy atom. The van der Waals surface area contributed by atoms with E-state index in [9.17, 15) is 0 Å². The van der Waals surface area contributed by atoms with E-state index in [1.807, 2.05) is 19.2 Å². The number of pyridine rings is 1. The van der Waals surface area contributed by atoms with Gasteiger partial charge in [-0.15, -0.1) is 0 Å². The van der Waals surface area contributed by atoms with Gasteiger partial charge in [0.15, 0.2) is 0 Å². The van der Waals surface area contributed by atoms with Gasteiger partial charge in [-0.1, -0.05) is 0 Å². The molecule has 0 saturated carbocycles. The van der Waals surface area contributed by atoms with Gasteiger partial charge in [0, 0.05) is 31.7 Å². The molecular formula is C10H16N2O. The molecule has 0 amide bonds. The third-order valence-corrected chi connectivity index (χ3v) is 1.99. The van der Waals surface area contributed by atoms with Crippen LogP contribution >= 0.6 is 0 Å². The van der Waals surface area contributed by atoms with Crippen molar-refractivity contribution >= 4 is 5.69 Å². The normalized spacial score (nSPS) is 12.5. The number of anilines is 1. The summed E-state index contributed by atoms with van der Waals surface area (Å²) in [4.78, 5) is 6.05. The molecule has 1 N–H and O–H groups in total. The van der Waals surface area contributed by atoms with Gasteiger partial charge in [-0.3, -0.25) is 4.98 Å². The predicted molar refractivity (Wildman–Crippen MR) is 53.8 cm³/mol. The molecule has 1 aromatic heterocycles. The summed E-state index contributed by atoms with van der Waals surface area (Å²) in [7, 11) is 2.01. The minimum Gasteiger partial charge on any atom is -0.393 e. The Morgan fingerprint density at radius 1 is 1.46 bits per heavy atom. The second-order valence-corrected chi connectivity index (χ2v) is 3.26. The van der Waals surface area contributed by atoms with Gasteiger partial charge >= 0.3 is 0 Å². The van der Waals surface area contributed by atoms with Crippen LogP contribution in [0.4, 0.5) is 5.69 Å². The number of rotatable bonds is 4. The zero-order valence-electron chi connectivity index (χ0n) is 8.14. The molecule has 0 aliphatic carbocycles. The molecule has 1 atom stereocenters. The third-order valence-electron chi connectivity index (χ3n) is 1.99. The van der Waals surface area contributed by atoms with Crippen molar-refractivity contribution in [3.63, 3.8) is 0 Å². The summed E-state index contributed by atoms with van der Waals surface area (Å²) in [6.45, 7) is 2.67.